The summed E-state index contributed by atoms with van der Waals surface area (Å²) in [6, 6.07) is 7.37. The van der Waals surface area contributed by atoms with E-state index in [1.807, 2.05) is 36.4 Å². The van der Waals surface area contributed by atoms with E-state index in [1.165, 1.54) is 0 Å². The van der Waals surface area contributed by atoms with Crippen LogP contribution in [-0.2, 0) is 0 Å². The summed E-state index contributed by atoms with van der Waals surface area (Å²) in [6.07, 6.45) is 5.51. The van der Waals surface area contributed by atoms with E-state index in [-0.39, 0.29) is 17.7 Å². The van der Waals surface area contributed by atoms with Gasteiger partial charge in [0.2, 0.25) is 0 Å². The molecule has 0 aliphatic heterocycles. The van der Waals surface area contributed by atoms with E-state index in [0.29, 0.717) is 13.0 Å². The lowest BCUT2D eigenvalue weighted by Crippen LogP contribution is -2.19. The SMILES string of the molecule is CCCOc1ccc(C(=O)C2C=CC(N)C2)cc1. The van der Waals surface area contributed by atoms with Crippen LogP contribution in [0.25, 0.3) is 0 Å². The zero-order chi connectivity index (χ0) is 13.0. The molecule has 1 aromatic rings. The lowest BCUT2D eigenvalue weighted by atomic mass is 9.96. The molecule has 0 heterocycles. The maximum Gasteiger partial charge on any atom is 0.169 e. The Kier molecular flexibility index (Phi) is 4.15. The molecule has 2 N–H and O–H groups in total. The van der Waals surface area contributed by atoms with Gasteiger partial charge in [-0.1, -0.05) is 19.1 Å². The van der Waals surface area contributed by atoms with Gasteiger partial charge in [-0.3, -0.25) is 4.79 Å². The highest BCUT2D eigenvalue weighted by Crippen LogP contribution is 2.22. The van der Waals surface area contributed by atoms with Crippen LogP contribution in [0.4, 0.5) is 0 Å². The molecule has 0 saturated heterocycles. The normalized spacial score (nSPS) is 22.1. The predicted molar refractivity (Wildman–Crippen MR) is 71.8 cm³/mol. The summed E-state index contributed by atoms with van der Waals surface area (Å²) in [6.45, 7) is 2.76. The van der Waals surface area contributed by atoms with Gasteiger partial charge in [-0.15, -0.1) is 0 Å². The second-order valence-corrected chi connectivity index (χ2v) is 4.63. The molecule has 0 amide bonds. The predicted octanol–water partition coefficient (Wildman–Crippen LogP) is 2.56. The van der Waals surface area contributed by atoms with E-state index in [4.69, 9.17) is 10.5 Å². The van der Waals surface area contributed by atoms with Crippen molar-refractivity contribution in [3.63, 3.8) is 0 Å². The molecule has 0 saturated carbocycles. The van der Waals surface area contributed by atoms with Crippen LogP contribution in [0.1, 0.15) is 30.1 Å². The van der Waals surface area contributed by atoms with Gasteiger partial charge in [0.25, 0.3) is 0 Å². The van der Waals surface area contributed by atoms with Gasteiger partial charge in [0.15, 0.2) is 5.78 Å². The summed E-state index contributed by atoms with van der Waals surface area (Å²) < 4.78 is 5.49. The van der Waals surface area contributed by atoms with Gasteiger partial charge in [0.1, 0.15) is 5.75 Å². The molecule has 0 spiro atoms. The summed E-state index contributed by atoms with van der Waals surface area (Å²) >= 11 is 0. The second-order valence-electron chi connectivity index (χ2n) is 4.63. The molecule has 96 valence electrons. The molecule has 1 aliphatic rings. The van der Waals surface area contributed by atoms with Gasteiger partial charge in [0.05, 0.1) is 6.61 Å². The molecule has 3 nitrogen and oxygen atoms in total. The van der Waals surface area contributed by atoms with Crippen LogP contribution in [0.2, 0.25) is 0 Å². The molecule has 1 aliphatic carbocycles. The number of hydrogen-bond acceptors (Lipinski definition) is 3. The Morgan fingerprint density at radius 1 is 1.33 bits per heavy atom. The molecule has 0 bridgehead atoms. The molecular formula is C15H19NO2. The van der Waals surface area contributed by atoms with Crippen molar-refractivity contribution in [2.45, 2.75) is 25.8 Å². The number of Topliss-reactive ketones (excluding diaryl/α,β-unsaturated/α-hetero) is 1. The number of allylic oxidation sites excluding steroid dienone is 1. The highest BCUT2D eigenvalue weighted by molar-refractivity contribution is 5.99. The van der Waals surface area contributed by atoms with E-state index in [1.54, 1.807) is 0 Å². The third-order valence-electron chi connectivity index (χ3n) is 3.07. The van der Waals surface area contributed by atoms with E-state index in [2.05, 4.69) is 6.92 Å². The van der Waals surface area contributed by atoms with E-state index in [9.17, 15) is 4.79 Å². The van der Waals surface area contributed by atoms with Crippen LogP contribution in [-0.4, -0.2) is 18.4 Å². The van der Waals surface area contributed by atoms with Gasteiger partial charge in [-0.2, -0.15) is 0 Å². The number of nitrogens with two attached hydrogens (primary N) is 1. The summed E-state index contributed by atoms with van der Waals surface area (Å²) in [5, 5.41) is 0. The second kappa shape index (κ2) is 5.83. The van der Waals surface area contributed by atoms with E-state index in [0.717, 1.165) is 17.7 Å². The van der Waals surface area contributed by atoms with Crippen molar-refractivity contribution >= 4 is 5.78 Å². The Hall–Kier alpha value is -1.61. The summed E-state index contributed by atoms with van der Waals surface area (Å²) in [4.78, 5) is 12.2. The molecule has 2 unspecified atom stereocenters. The van der Waals surface area contributed by atoms with E-state index < -0.39 is 0 Å². The zero-order valence-electron chi connectivity index (χ0n) is 10.6. The first-order valence-corrected chi connectivity index (χ1v) is 6.41. The van der Waals surface area contributed by atoms with Crippen LogP contribution in [0.5, 0.6) is 5.75 Å². The van der Waals surface area contributed by atoms with Crippen molar-refractivity contribution in [3.8, 4) is 5.75 Å². The number of ketones is 1. The quantitative estimate of drug-likeness (QED) is 0.640. The standard InChI is InChI=1S/C15H19NO2/c1-2-9-18-14-7-4-11(5-8-14)15(17)12-3-6-13(16)10-12/h3-8,12-13H,2,9-10,16H2,1H3. The van der Waals surface area contributed by atoms with Gasteiger partial charge >= 0.3 is 0 Å². The molecule has 0 radical (unpaired) electrons. The first-order chi connectivity index (χ1) is 8.70. The number of carbonyl (C=O) groups is 1. The van der Waals surface area contributed by atoms with Gasteiger partial charge in [-0.05, 0) is 37.1 Å². The van der Waals surface area contributed by atoms with Gasteiger partial charge < -0.3 is 10.5 Å². The number of benzene rings is 1. The fourth-order valence-corrected chi connectivity index (χ4v) is 2.07. The molecule has 18 heavy (non-hydrogen) atoms. The minimum absolute atomic E-state index is 0.0195. The number of hydrogen-bond donors (Lipinski definition) is 1. The van der Waals surface area contributed by atoms with Crippen molar-refractivity contribution in [1.29, 1.82) is 0 Å². The zero-order valence-corrected chi connectivity index (χ0v) is 10.6. The minimum atomic E-state index is -0.0672. The van der Waals surface area contributed by atoms with Crippen LogP contribution >= 0.6 is 0 Å². The van der Waals surface area contributed by atoms with Crippen LogP contribution in [0.15, 0.2) is 36.4 Å². The first kappa shape index (κ1) is 12.8. The molecule has 2 atom stereocenters. The average Bonchev–Trinajstić information content (AvgIpc) is 2.83. The Morgan fingerprint density at radius 3 is 2.61 bits per heavy atom. The third kappa shape index (κ3) is 2.99. The highest BCUT2D eigenvalue weighted by atomic mass is 16.5. The molecule has 0 aromatic heterocycles. The lowest BCUT2D eigenvalue weighted by molar-refractivity contribution is 0.0943. The average molecular weight is 245 g/mol. The Balaban J connectivity index is 2.01. The maximum atomic E-state index is 12.2. The molecule has 1 aromatic carbocycles. The van der Waals surface area contributed by atoms with Crippen LogP contribution < -0.4 is 10.5 Å². The first-order valence-electron chi connectivity index (χ1n) is 6.41. The largest absolute Gasteiger partial charge is 0.494 e. The molecule has 3 heteroatoms. The Bertz CT molecular complexity index is 436. The van der Waals surface area contributed by atoms with Crippen molar-refractivity contribution in [3.05, 3.63) is 42.0 Å². The molecule has 2 rings (SSSR count). The van der Waals surface area contributed by atoms with Crippen molar-refractivity contribution < 1.29 is 9.53 Å². The summed E-state index contributed by atoms with van der Waals surface area (Å²) in [7, 11) is 0. The van der Waals surface area contributed by atoms with Crippen LogP contribution in [0, 0.1) is 5.92 Å². The lowest BCUT2D eigenvalue weighted by Gasteiger charge is -2.09. The Labute approximate surface area is 108 Å². The minimum Gasteiger partial charge on any atom is -0.494 e. The van der Waals surface area contributed by atoms with Gasteiger partial charge in [-0.25, -0.2) is 0 Å². The molecular weight excluding hydrogens is 226 g/mol. The monoisotopic (exact) mass is 245 g/mol. The summed E-state index contributed by atoms with van der Waals surface area (Å²) in [5.41, 5.74) is 6.49. The van der Waals surface area contributed by atoms with Crippen LogP contribution in [0.3, 0.4) is 0 Å². The maximum absolute atomic E-state index is 12.2. The van der Waals surface area contributed by atoms with Crippen molar-refractivity contribution in [2.75, 3.05) is 6.61 Å². The smallest absolute Gasteiger partial charge is 0.169 e. The highest BCUT2D eigenvalue weighted by Gasteiger charge is 2.23. The topological polar surface area (TPSA) is 52.3 Å². The van der Waals surface area contributed by atoms with Crippen molar-refractivity contribution in [2.24, 2.45) is 11.7 Å². The van der Waals surface area contributed by atoms with Crippen molar-refractivity contribution in [1.82, 2.24) is 0 Å². The number of rotatable bonds is 5. The van der Waals surface area contributed by atoms with E-state index >= 15 is 0 Å². The van der Waals surface area contributed by atoms with Gasteiger partial charge in [0, 0.05) is 17.5 Å². The summed E-state index contributed by atoms with van der Waals surface area (Å²) in [5.74, 6) is 0.885. The fraction of sp³-hybridized carbons (Fsp3) is 0.400. The fourth-order valence-electron chi connectivity index (χ4n) is 2.07. The number of ether oxygens (including phenoxy) is 1. The number of carbonyl (C=O) groups excluding carboxylic acids is 1. The third-order valence-corrected chi connectivity index (χ3v) is 3.07. The Morgan fingerprint density at radius 2 is 2.06 bits per heavy atom. The molecule has 0 fully saturated rings.